The van der Waals surface area contributed by atoms with Crippen LogP contribution in [0, 0.1) is 12.8 Å². The topological polar surface area (TPSA) is 64.0 Å². The summed E-state index contributed by atoms with van der Waals surface area (Å²) in [6.45, 7) is 8.79. The second kappa shape index (κ2) is 7.05. The van der Waals surface area contributed by atoms with Gasteiger partial charge in [0, 0.05) is 31.1 Å². The predicted octanol–water partition coefficient (Wildman–Crippen LogP) is 1.37. The number of aryl methyl sites for hydroxylation is 2. The first kappa shape index (κ1) is 16.2. The summed E-state index contributed by atoms with van der Waals surface area (Å²) >= 11 is 0. The Labute approximate surface area is 116 Å². The number of hydrogen-bond donors (Lipinski definition) is 1. The third-order valence-corrected chi connectivity index (χ3v) is 3.85. The van der Waals surface area contributed by atoms with E-state index in [1.165, 1.54) is 11.8 Å². The van der Waals surface area contributed by atoms with Crippen LogP contribution in [0.4, 0.5) is 0 Å². The number of nitrogens with zero attached hydrogens (tertiary/aromatic N) is 2. The van der Waals surface area contributed by atoms with Gasteiger partial charge >= 0.3 is 0 Å². The minimum atomic E-state index is -2.87. The largest absolute Gasteiger partial charge is 0.312 e. The average Bonchev–Trinajstić information content (AvgIpc) is 2.57. The van der Waals surface area contributed by atoms with Crippen molar-refractivity contribution in [3.05, 3.63) is 17.5 Å². The van der Waals surface area contributed by atoms with Crippen LogP contribution in [0.5, 0.6) is 0 Å². The van der Waals surface area contributed by atoms with Crippen LogP contribution >= 0.6 is 0 Å². The molecule has 1 heterocycles. The van der Waals surface area contributed by atoms with Crippen molar-refractivity contribution >= 4 is 9.84 Å². The summed E-state index contributed by atoms with van der Waals surface area (Å²) in [5.74, 6) is 0.845. The quantitative estimate of drug-likeness (QED) is 0.784. The number of nitrogens with one attached hydrogen (secondary N) is 1. The molecule has 0 radical (unpaired) electrons. The number of sulfone groups is 1. The maximum Gasteiger partial charge on any atom is 0.147 e. The van der Waals surface area contributed by atoms with Crippen molar-refractivity contribution in [1.82, 2.24) is 15.1 Å². The van der Waals surface area contributed by atoms with Gasteiger partial charge in [-0.25, -0.2) is 8.42 Å². The van der Waals surface area contributed by atoms with Gasteiger partial charge in [-0.2, -0.15) is 5.10 Å². The molecule has 0 fully saturated rings. The van der Waals surface area contributed by atoms with E-state index < -0.39 is 9.84 Å². The zero-order valence-corrected chi connectivity index (χ0v) is 13.1. The van der Waals surface area contributed by atoms with Gasteiger partial charge in [0.05, 0.1) is 11.4 Å². The smallest absolute Gasteiger partial charge is 0.147 e. The van der Waals surface area contributed by atoms with Crippen molar-refractivity contribution in [1.29, 1.82) is 0 Å². The SMILES string of the molecule is Cc1nn(CCCS(C)(=O)=O)cc1CNCC(C)C. The van der Waals surface area contributed by atoms with E-state index >= 15 is 0 Å². The highest BCUT2D eigenvalue weighted by molar-refractivity contribution is 7.90. The Hall–Kier alpha value is -0.880. The molecule has 19 heavy (non-hydrogen) atoms. The maximum absolute atomic E-state index is 11.1. The van der Waals surface area contributed by atoms with Crippen LogP contribution in [0.15, 0.2) is 6.20 Å². The molecule has 0 spiro atoms. The third kappa shape index (κ3) is 6.73. The summed E-state index contributed by atoms with van der Waals surface area (Å²) < 4.78 is 24.0. The number of hydrogen-bond acceptors (Lipinski definition) is 4. The monoisotopic (exact) mass is 287 g/mol. The van der Waals surface area contributed by atoms with Gasteiger partial charge in [-0.15, -0.1) is 0 Å². The van der Waals surface area contributed by atoms with Crippen LogP contribution in [-0.2, 0) is 22.9 Å². The molecule has 1 aromatic heterocycles. The van der Waals surface area contributed by atoms with E-state index in [0.717, 1.165) is 18.8 Å². The van der Waals surface area contributed by atoms with Gasteiger partial charge in [0.15, 0.2) is 0 Å². The fourth-order valence-corrected chi connectivity index (χ4v) is 2.48. The molecule has 0 saturated carbocycles. The van der Waals surface area contributed by atoms with E-state index in [0.29, 0.717) is 18.9 Å². The fraction of sp³-hybridized carbons (Fsp3) is 0.769. The molecule has 6 heteroatoms. The fourth-order valence-electron chi connectivity index (χ4n) is 1.83. The van der Waals surface area contributed by atoms with Gasteiger partial charge in [0.1, 0.15) is 9.84 Å². The van der Waals surface area contributed by atoms with Gasteiger partial charge in [-0.1, -0.05) is 13.8 Å². The molecule has 0 aromatic carbocycles. The van der Waals surface area contributed by atoms with Crippen molar-refractivity contribution < 1.29 is 8.42 Å². The zero-order chi connectivity index (χ0) is 14.5. The highest BCUT2D eigenvalue weighted by atomic mass is 32.2. The van der Waals surface area contributed by atoms with E-state index in [1.807, 2.05) is 17.8 Å². The summed E-state index contributed by atoms with van der Waals surface area (Å²) in [5, 5.41) is 7.80. The molecule has 110 valence electrons. The predicted molar refractivity (Wildman–Crippen MR) is 77.8 cm³/mol. The molecule has 0 atom stereocenters. The molecule has 0 aliphatic rings. The standard InChI is InChI=1S/C13H25N3O2S/c1-11(2)8-14-9-13-10-16(15-12(13)3)6-5-7-19(4,17)18/h10-11,14H,5-9H2,1-4H3. The molecule has 0 aliphatic carbocycles. The first-order valence-electron chi connectivity index (χ1n) is 6.69. The third-order valence-electron chi connectivity index (χ3n) is 2.82. The average molecular weight is 287 g/mol. The summed E-state index contributed by atoms with van der Waals surface area (Å²) in [4.78, 5) is 0. The van der Waals surface area contributed by atoms with Crippen molar-refractivity contribution in [3.8, 4) is 0 Å². The van der Waals surface area contributed by atoms with Gasteiger partial charge in [-0.3, -0.25) is 4.68 Å². The minimum absolute atomic E-state index is 0.215. The second-order valence-electron chi connectivity index (χ2n) is 5.51. The second-order valence-corrected chi connectivity index (χ2v) is 7.77. The molecular weight excluding hydrogens is 262 g/mol. The Morgan fingerprint density at radius 2 is 2.11 bits per heavy atom. The van der Waals surface area contributed by atoms with Crippen molar-refractivity contribution in [2.45, 2.75) is 40.3 Å². The van der Waals surface area contributed by atoms with E-state index in [4.69, 9.17) is 0 Å². The van der Waals surface area contributed by atoms with Crippen molar-refractivity contribution in [2.24, 2.45) is 5.92 Å². The normalized spacial score (nSPS) is 12.3. The van der Waals surface area contributed by atoms with Gasteiger partial charge in [-0.05, 0) is 25.8 Å². The lowest BCUT2D eigenvalue weighted by atomic mass is 10.2. The Morgan fingerprint density at radius 3 is 2.68 bits per heavy atom. The van der Waals surface area contributed by atoms with E-state index in [9.17, 15) is 8.42 Å². The molecule has 0 amide bonds. The van der Waals surface area contributed by atoms with Gasteiger partial charge < -0.3 is 5.32 Å². The Kier molecular flexibility index (Phi) is 6.00. The molecule has 1 rings (SSSR count). The van der Waals surface area contributed by atoms with Crippen molar-refractivity contribution in [3.63, 3.8) is 0 Å². The lowest BCUT2D eigenvalue weighted by Gasteiger charge is -2.05. The Balaban J connectivity index is 2.45. The molecule has 5 nitrogen and oxygen atoms in total. The lowest BCUT2D eigenvalue weighted by molar-refractivity contribution is 0.551. The summed E-state index contributed by atoms with van der Waals surface area (Å²) in [6.07, 6.45) is 3.88. The molecule has 0 bridgehead atoms. The summed E-state index contributed by atoms with van der Waals surface area (Å²) in [6, 6.07) is 0. The minimum Gasteiger partial charge on any atom is -0.312 e. The summed E-state index contributed by atoms with van der Waals surface area (Å²) in [7, 11) is -2.87. The van der Waals surface area contributed by atoms with Crippen LogP contribution in [-0.4, -0.2) is 36.8 Å². The molecule has 0 saturated heterocycles. The van der Waals surface area contributed by atoms with Crippen LogP contribution in [0.25, 0.3) is 0 Å². The van der Waals surface area contributed by atoms with Crippen LogP contribution in [0.2, 0.25) is 0 Å². The Bertz CT molecular complexity index is 492. The van der Waals surface area contributed by atoms with Crippen molar-refractivity contribution in [2.75, 3.05) is 18.6 Å². The van der Waals surface area contributed by atoms with E-state index in [2.05, 4.69) is 24.3 Å². The first-order valence-corrected chi connectivity index (χ1v) is 8.75. The molecule has 0 unspecified atom stereocenters. The Morgan fingerprint density at radius 1 is 1.42 bits per heavy atom. The molecule has 1 aromatic rings. The number of rotatable bonds is 8. The zero-order valence-electron chi connectivity index (χ0n) is 12.3. The highest BCUT2D eigenvalue weighted by Gasteiger charge is 2.06. The van der Waals surface area contributed by atoms with Crippen LogP contribution < -0.4 is 5.32 Å². The highest BCUT2D eigenvalue weighted by Crippen LogP contribution is 2.06. The van der Waals surface area contributed by atoms with E-state index in [-0.39, 0.29) is 5.75 Å². The lowest BCUT2D eigenvalue weighted by Crippen LogP contribution is -2.19. The van der Waals surface area contributed by atoms with Crippen LogP contribution in [0.3, 0.4) is 0 Å². The summed E-state index contributed by atoms with van der Waals surface area (Å²) in [5.41, 5.74) is 2.19. The number of aromatic nitrogens is 2. The van der Waals surface area contributed by atoms with Crippen LogP contribution in [0.1, 0.15) is 31.5 Å². The van der Waals surface area contributed by atoms with E-state index in [1.54, 1.807) is 0 Å². The maximum atomic E-state index is 11.1. The molecule has 1 N–H and O–H groups in total. The van der Waals surface area contributed by atoms with Gasteiger partial charge in [0.25, 0.3) is 0 Å². The molecular formula is C13H25N3O2S. The van der Waals surface area contributed by atoms with Gasteiger partial charge in [0.2, 0.25) is 0 Å². The molecule has 0 aliphatic heterocycles. The first-order chi connectivity index (χ1) is 8.78.